The van der Waals surface area contributed by atoms with Crippen molar-refractivity contribution in [3.63, 3.8) is 0 Å². The molecule has 0 atom stereocenters. The Bertz CT molecular complexity index is 1530. The molecule has 4 aromatic rings. The van der Waals surface area contributed by atoms with Gasteiger partial charge in [0, 0.05) is 22.5 Å². The van der Waals surface area contributed by atoms with Gasteiger partial charge in [-0.1, -0.05) is 29.4 Å². The van der Waals surface area contributed by atoms with E-state index in [1.54, 1.807) is 42.5 Å². The van der Waals surface area contributed by atoms with Gasteiger partial charge in [0.15, 0.2) is 22.6 Å². The second kappa shape index (κ2) is 12.1. The minimum atomic E-state index is -1.12. The molecule has 3 amide bonds. The van der Waals surface area contributed by atoms with Crippen LogP contribution < -0.4 is 16.0 Å². The summed E-state index contributed by atoms with van der Waals surface area (Å²) in [5.41, 5.74) is 0.659. The fraction of sp³-hybridized carbons (Fsp3) is 0.0400. The summed E-state index contributed by atoms with van der Waals surface area (Å²) < 4.78 is 27.5. The number of hydrogen-bond acceptors (Lipinski definition) is 8. The predicted octanol–water partition coefficient (Wildman–Crippen LogP) is 5.53. The number of thioether (sulfide) groups is 1. The smallest absolute Gasteiger partial charge is 0.327 e. The first kappa shape index (κ1) is 26.5. The van der Waals surface area contributed by atoms with Gasteiger partial charge >= 0.3 is 6.03 Å². The van der Waals surface area contributed by atoms with E-state index in [9.17, 15) is 23.6 Å². The normalized spacial score (nSPS) is 10.4. The van der Waals surface area contributed by atoms with Crippen molar-refractivity contribution in [2.45, 2.75) is 5.16 Å². The van der Waals surface area contributed by atoms with Gasteiger partial charge < -0.3 is 5.32 Å². The fourth-order valence-corrected chi connectivity index (χ4v) is 3.87. The van der Waals surface area contributed by atoms with Crippen molar-refractivity contribution in [2.24, 2.45) is 0 Å². The molecular weight excluding hydrogens is 536 g/mol. The van der Waals surface area contributed by atoms with Crippen molar-refractivity contribution in [2.75, 3.05) is 16.4 Å². The highest BCUT2D eigenvalue weighted by molar-refractivity contribution is 7.99. The molecule has 2 heterocycles. The quantitative estimate of drug-likeness (QED) is 0.202. The molecule has 4 rings (SSSR count). The number of pyridine rings is 1. The van der Waals surface area contributed by atoms with Crippen molar-refractivity contribution < 1.29 is 18.4 Å². The molecule has 0 saturated carbocycles. The highest BCUT2D eigenvalue weighted by atomic mass is 35.5. The average Bonchev–Trinajstić information content (AvgIpc) is 2.90. The van der Waals surface area contributed by atoms with Crippen LogP contribution in [-0.4, -0.2) is 32.6 Å². The number of anilines is 3. The van der Waals surface area contributed by atoms with Crippen LogP contribution in [0.2, 0.25) is 5.02 Å². The number of benzene rings is 2. The Hall–Kier alpha value is -4.60. The molecule has 38 heavy (non-hydrogen) atoms. The number of nitrogens with zero attached hydrogens (tertiary/aromatic N) is 4. The largest absolute Gasteiger partial charge is 0.339 e. The number of nitrogens with one attached hydrogen (secondary N) is 3. The van der Waals surface area contributed by atoms with E-state index in [2.05, 4.69) is 30.9 Å². The van der Waals surface area contributed by atoms with E-state index >= 15 is 0 Å². The van der Waals surface area contributed by atoms with Crippen molar-refractivity contribution in [1.82, 2.24) is 20.3 Å². The number of carbonyl (C=O) groups is 2. The summed E-state index contributed by atoms with van der Waals surface area (Å²) >= 11 is 6.81. The van der Waals surface area contributed by atoms with E-state index in [0.29, 0.717) is 10.7 Å². The number of nitriles is 1. The van der Waals surface area contributed by atoms with Crippen LogP contribution in [0.3, 0.4) is 0 Å². The van der Waals surface area contributed by atoms with Crippen LogP contribution in [0.15, 0.2) is 72.0 Å². The zero-order chi connectivity index (χ0) is 27.1. The first-order chi connectivity index (χ1) is 18.3. The Morgan fingerprint density at radius 3 is 2.50 bits per heavy atom. The Labute approximate surface area is 224 Å². The summed E-state index contributed by atoms with van der Waals surface area (Å²) in [6.07, 6.45) is 1.48. The van der Waals surface area contributed by atoms with E-state index in [0.717, 1.165) is 23.9 Å². The number of urea groups is 1. The van der Waals surface area contributed by atoms with Crippen molar-refractivity contribution >= 4 is 52.6 Å². The molecular formula is C25H16ClF2N7O2S. The Morgan fingerprint density at radius 2 is 1.82 bits per heavy atom. The molecule has 0 fully saturated rings. The Balaban J connectivity index is 1.59. The van der Waals surface area contributed by atoms with Crippen LogP contribution >= 0.6 is 23.4 Å². The van der Waals surface area contributed by atoms with Crippen LogP contribution in [0, 0.1) is 23.0 Å². The average molecular weight is 552 g/mol. The molecule has 2 aromatic heterocycles. The van der Waals surface area contributed by atoms with Gasteiger partial charge in [0.25, 0.3) is 0 Å². The highest BCUT2D eigenvalue weighted by Crippen LogP contribution is 2.31. The maximum Gasteiger partial charge on any atom is 0.327 e. The first-order valence-electron chi connectivity index (χ1n) is 10.8. The molecule has 190 valence electrons. The van der Waals surface area contributed by atoms with Crippen molar-refractivity contribution in [1.29, 1.82) is 5.26 Å². The van der Waals surface area contributed by atoms with E-state index in [-0.39, 0.29) is 39.4 Å². The summed E-state index contributed by atoms with van der Waals surface area (Å²) in [5.74, 6) is -2.77. The van der Waals surface area contributed by atoms with E-state index in [1.807, 2.05) is 6.07 Å². The van der Waals surface area contributed by atoms with Crippen molar-refractivity contribution in [3.8, 4) is 17.3 Å². The molecule has 2 aromatic carbocycles. The molecule has 3 N–H and O–H groups in total. The second-order valence-corrected chi connectivity index (χ2v) is 8.84. The molecule has 0 spiro atoms. The van der Waals surface area contributed by atoms with Gasteiger partial charge in [-0.3, -0.25) is 15.4 Å². The third-order valence-electron chi connectivity index (χ3n) is 4.79. The number of carbonyl (C=O) groups excluding carboxylic acids is 2. The molecule has 0 aliphatic heterocycles. The Kier molecular flexibility index (Phi) is 8.42. The van der Waals surface area contributed by atoms with E-state index in [4.69, 9.17) is 11.6 Å². The standard InChI is InChI=1S/C25H16ClF2N7O2S/c26-15-5-7-16(8-6-15)31-23-17(12-29)22(14-4-9-18(27)19(28)11-14)34-25(35-23)38-13-21(36)33-24(37)32-20-3-1-2-10-30-20/h1-11H,13H2,(H,31,34,35)(H2,30,32,33,36,37). The third kappa shape index (κ3) is 6.78. The zero-order valence-electron chi connectivity index (χ0n) is 19.2. The molecule has 0 aliphatic rings. The summed E-state index contributed by atoms with van der Waals surface area (Å²) in [4.78, 5) is 37.0. The number of amides is 3. The lowest BCUT2D eigenvalue weighted by Crippen LogP contribution is -2.35. The van der Waals surface area contributed by atoms with Gasteiger partial charge in [0.2, 0.25) is 5.91 Å². The van der Waals surface area contributed by atoms with Crippen LogP contribution in [-0.2, 0) is 4.79 Å². The van der Waals surface area contributed by atoms with Gasteiger partial charge in [-0.05, 0) is 54.6 Å². The van der Waals surface area contributed by atoms with Crippen LogP contribution in [0.5, 0.6) is 0 Å². The van der Waals surface area contributed by atoms with Gasteiger partial charge in [-0.2, -0.15) is 5.26 Å². The molecule has 0 unspecified atom stereocenters. The van der Waals surface area contributed by atoms with E-state index in [1.165, 1.54) is 12.3 Å². The molecule has 13 heteroatoms. The topological polar surface area (TPSA) is 133 Å². The lowest BCUT2D eigenvalue weighted by molar-refractivity contribution is -0.117. The summed E-state index contributed by atoms with van der Waals surface area (Å²) in [7, 11) is 0. The Morgan fingerprint density at radius 1 is 1.03 bits per heavy atom. The molecule has 0 bridgehead atoms. The molecule has 0 aliphatic carbocycles. The molecule has 0 saturated heterocycles. The van der Waals surface area contributed by atoms with E-state index < -0.39 is 23.6 Å². The minimum Gasteiger partial charge on any atom is -0.339 e. The summed E-state index contributed by atoms with van der Waals surface area (Å²) in [6.45, 7) is 0. The second-order valence-electron chi connectivity index (χ2n) is 7.46. The number of imide groups is 1. The highest BCUT2D eigenvalue weighted by Gasteiger charge is 2.19. The molecule has 0 radical (unpaired) electrons. The predicted molar refractivity (Wildman–Crippen MR) is 139 cm³/mol. The van der Waals surface area contributed by atoms with Crippen molar-refractivity contribution in [3.05, 3.63) is 89.1 Å². The monoisotopic (exact) mass is 551 g/mol. The van der Waals surface area contributed by atoms with Gasteiger partial charge in [-0.25, -0.2) is 28.5 Å². The van der Waals surface area contributed by atoms with Crippen LogP contribution in [0.1, 0.15) is 5.56 Å². The number of hydrogen-bond donors (Lipinski definition) is 3. The maximum absolute atomic E-state index is 14.0. The summed E-state index contributed by atoms with van der Waals surface area (Å²) in [6, 6.07) is 15.8. The maximum atomic E-state index is 14.0. The first-order valence-corrected chi connectivity index (χ1v) is 12.1. The van der Waals surface area contributed by atoms with Gasteiger partial charge in [0.05, 0.1) is 11.4 Å². The fourth-order valence-electron chi connectivity index (χ4n) is 3.10. The lowest BCUT2D eigenvalue weighted by Gasteiger charge is -2.13. The SMILES string of the molecule is N#Cc1c(Nc2ccc(Cl)cc2)nc(SCC(=O)NC(=O)Nc2ccccn2)nc1-c1ccc(F)c(F)c1. The third-order valence-corrected chi connectivity index (χ3v) is 5.89. The lowest BCUT2D eigenvalue weighted by atomic mass is 10.1. The molecule has 9 nitrogen and oxygen atoms in total. The van der Waals surface area contributed by atoms with Crippen LogP contribution in [0.4, 0.5) is 30.9 Å². The van der Waals surface area contributed by atoms with Crippen LogP contribution in [0.25, 0.3) is 11.3 Å². The number of halogens is 3. The zero-order valence-corrected chi connectivity index (χ0v) is 20.8. The van der Waals surface area contributed by atoms with Gasteiger partial charge in [-0.15, -0.1) is 0 Å². The van der Waals surface area contributed by atoms with Gasteiger partial charge in [0.1, 0.15) is 17.5 Å². The minimum absolute atomic E-state index is 0.0219. The number of rotatable bonds is 7. The number of aromatic nitrogens is 3. The summed E-state index contributed by atoms with van der Waals surface area (Å²) in [5, 5.41) is 18.0.